The Morgan fingerprint density at radius 2 is 2.43 bits per heavy atom. The lowest BCUT2D eigenvalue weighted by Gasteiger charge is -2.26. The molecule has 1 aliphatic heterocycles. The molecule has 0 aliphatic carbocycles. The van der Waals surface area contributed by atoms with E-state index in [1.54, 1.807) is 11.1 Å². The van der Waals surface area contributed by atoms with E-state index in [1.165, 1.54) is 0 Å². The van der Waals surface area contributed by atoms with Crippen LogP contribution in [0.15, 0.2) is 18.3 Å². The Hall–Kier alpha value is -1.42. The van der Waals surface area contributed by atoms with Crippen molar-refractivity contribution in [2.75, 3.05) is 24.5 Å². The van der Waals surface area contributed by atoms with Gasteiger partial charge in [-0.05, 0) is 24.6 Å². The predicted molar refractivity (Wildman–Crippen MR) is 54.2 cm³/mol. The maximum atomic E-state index is 11.5. The Morgan fingerprint density at radius 1 is 1.57 bits per heavy atom. The van der Waals surface area contributed by atoms with Gasteiger partial charge in [0.15, 0.2) is 0 Å². The molecule has 2 rings (SSSR count). The molecule has 4 heteroatoms. The topological polar surface area (TPSA) is 45.2 Å². The van der Waals surface area contributed by atoms with Crippen LogP contribution in [-0.4, -0.2) is 30.5 Å². The fraction of sp³-hybridized carbons (Fsp3) is 0.400. The fourth-order valence-corrected chi connectivity index (χ4v) is 1.52. The molecule has 1 amide bonds. The highest BCUT2D eigenvalue weighted by Gasteiger charge is 2.19. The number of anilines is 1. The minimum Gasteiger partial charge on any atom is -0.307 e. The quantitative estimate of drug-likeness (QED) is 0.695. The highest BCUT2D eigenvalue weighted by atomic mass is 16.2. The molecule has 14 heavy (non-hydrogen) atoms. The van der Waals surface area contributed by atoms with E-state index in [9.17, 15) is 4.79 Å². The van der Waals surface area contributed by atoms with Gasteiger partial charge in [-0.1, -0.05) is 0 Å². The van der Waals surface area contributed by atoms with Gasteiger partial charge < -0.3 is 5.32 Å². The van der Waals surface area contributed by atoms with Crippen LogP contribution in [-0.2, 0) is 4.79 Å². The average Bonchev–Trinajstić information content (AvgIpc) is 2.18. The van der Waals surface area contributed by atoms with Crippen molar-refractivity contribution in [3.8, 4) is 0 Å². The first-order valence-corrected chi connectivity index (χ1v) is 4.71. The molecular formula is C10H13N3O. The van der Waals surface area contributed by atoms with Crippen molar-refractivity contribution in [2.24, 2.45) is 0 Å². The molecule has 0 radical (unpaired) electrons. The van der Waals surface area contributed by atoms with E-state index in [2.05, 4.69) is 10.3 Å². The van der Waals surface area contributed by atoms with E-state index in [-0.39, 0.29) is 5.91 Å². The van der Waals surface area contributed by atoms with Crippen LogP contribution >= 0.6 is 0 Å². The second kappa shape index (κ2) is 3.75. The van der Waals surface area contributed by atoms with Crippen LogP contribution in [0.4, 0.5) is 5.82 Å². The molecule has 0 aromatic carbocycles. The summed E-state index contributed by atoms with van der Waals surface area (Å²) in [5.74, 6) is 0.853. The number of carbonyl (C=O) groups excluding carboxylic acids is 1. The van der Waals surface area contributed by atoms with Crippen LogP contribution in [0.3, 0.4) is 0 Å². The third-order valence-electron chi connectivity index (χ3n) is 2.27. The summed E-state index contributed by atoms with van der Waals surface area (Å²) in [7, 11) is 0. The molecule has 1 saturated heterocycles. The van der Waals surface area contributed by atoms with Gasteiger partial charge in [0, 0.05) is 19.3 Å². The number of piperazine rings is 1. The monoisotopic (exact) mass is 191 g/mol. The van der Waals surface area contributed by atoms with Crippen LogP contribution in [0.2, 0.25) is 0 Å². The van der Waals surface area contributed by atoms with Crippen molar-refractivity contribution in [2.45, 2.75) is 6.92 Å². The zero-order valence-electron chi connectivity index (χ0n) is 8.16. The minimum absolute atomic E-state index is 0.0920. The molecule has 0 unspecified atom stereocenters. The number of hydrogen-bond donors (Lipinski definition) is 1. The zero-order valence-corrected chi connectivity index (χ0v) is 8.16. The molecule has 4 nitrogen and oxygen atoms in total. The third kappa shape index (κ3) is 1.75. The normalized spacial score (nSPS) is 17.2. The number of amides is 1. The van der Waals surface area contributed by atoms with Gasteiger partial charge in [0.2, 0.25) is 5.91 Å². The average molecular weight is 191 g/mol. The van der Waals surface area contributed by atoms with Gasteiger partial charge in [-0.25, -0.2) is 4.98 Å². The second-order valence-electron chi connectivity index (χ2n) is 3.41. The Bertz CT molecular complexity index is 351. The Kier molecular flexibility index (Phi) is 2.45. The molecular weight excluding hydrogens is 178 g/mol. The molecule has 0 saturated carbocycles. The summed E-state index contributed by atoms with van der Waals surface area (Å²) in [6.45, 7) is 3.95. The van der Waals surface area contributed by atoms with Crippen molar-refractivity contribution >= 4 is 11.7 Å². The number of nitrogens with one attached hydrogen (secondary N) is 1. The van der Waals surface area contributed by atoms with Crippen molar-refractivity contribution in [3.05, 3.63) is 23.9 Å². The molecule has 1 aliphatic rings. The molecule has 74 valence electrons. The molecule has 1 aromatic heterocycles. The van der Waals surface area contributed by atoms with Gasteiger partial charge in [-0.3, -0.25) is 9.69 Å². The Labute approximate surface area is 82.9 Å². The lowest BCUT2D eigenvalue weighted by atomic mass is 10.2. The number of nitrogens with zero attached hydrogens (tertiary/aromatic N) is 2. The highest BCUT2D eigenvalue weighted by molar-refractivity contribution is 5.94. The first-order valence-electron chi connectivity index (χ1n) is 4.71. The number of carbonyl (C=O) groups is 1. The van der Waals surface area contributed by atoms with Crippen molar-refractivity contribution < 1.29 is 4.79 Å². The smallest absolute Gasteiger partial charge is 0.242 e. The highest BCUT2D eigenvalue weighted by Crippen LogP contribution is 2.12. The first-order chi connectivity index (χ1) is 6.77. The molecule has 1 aromatic rings. The van der Waals surface area contributed by atoms with E-state index >= 15 is 0 Å². The molecule has 0 atom stereocenters. The maximum Gasteiger partial charge on any atom is 0.242 e. The van der Waals surface area contributed by atoms with Gasteiger partial charge in [0.25, 0.3) is 0 Å². The summed E-state index contributed by atoms with van der Waals surface area (Å²) in [6.07, 6.45) is 1.74. The first kappa shape index (κ1) is 9.15. The van der Waals surface area contributed by atoms with Crippen LogP contribution < -0.4 is 10.2 Å². The zero-order chi connectivity index (χ0) is 9.97. The lowest BCUT2D eigenvalue weighted by molar-refractivity contribution is -0.118. The second-order valence-corrected chi connectivity index (χ2v) is 3.41. The summed E-state index contributed by atoms with van der Waals surface area (Å²) in [4.78, 5) is 17.4. The number of hydrogen-bond acceptors (Lipinski definition) is 3. The molecule has 0 bridgehead atoms. The van der Waals surface area contributed by atoms with E-state index in [1.807, 2.05) is 19.1 Å². The summed E-state index contributed by atoms with van der Waals surface area (Å²) < 4.78 is 0. The number of rotatable bonds is 1. The van der Waals surface area contributed by atoms with Crippen LogP contribution in [0.1, 0.15) is 5.56 Å². The van der Waals surface area contributed by atoms with E-state index in [0.717, 1.165) is 17.9 Å². The van der Waals surface area contributed by atoms with Crippen molar-refractivity contribution in [1.82, 2.24) is 10.3 Å². The minimum atomic E-state index is 0.0920. The van der Waals surface area contributed by atoms with Gasteiger partial charge in [0.05, 0.1) is 6.54 Å². The SMILES string of the molecule is Cc1ccnc(N2CCNCC2=O)c1. The number of aryl methyl sites for hydroxylation is 1. The molecule has 0 spiro atoms. The summed E-state index contributed by atoms with van der Waals surface area (Å²) >= 11 is 0. The molecule has 1 fully saturated rings. The van der Waals surface area contributed by atoms with E-state index < -0.39 is 0 Å². The number of pyridine rings is 1. The van der Waals surface area contributed by atoms with E-state index in [0.29, 0.717) is 13.1 Å². The van der Waals surface area contributed by atoms with E-state index in [4.69, 9.17) is 0 Å². The van der Waals surface area contributed by atoms with Crippen LogP contribution in [0, 0.1) is 6.92 Å². The predicted octanol–water partition coefficient (Wildman–Crippen LogP) is 0.326. The largest absolute Gasteiger partial charge is 0.307 e. The number of aromatic nitrogens is 1. The summed E-state index contributed by atoms with van der Waals surface area (Å²) in [5, 5.41) is 3.03. The van der Waals surface area contributed by atoms with Crippen LogP contribution in [0.25, 0.3) is 0 Å². The lowest BCUT2D eigenvalue weighted by Crippen LogP contribution is -2.48. The molecule has 1 N–H and O–H groups in total. The summed E-state index contributed by atoms with van der Waals surface area (Å²) in [6, 6.07) is 3.86. The fourth-order valence-electron chi connectivity index (χ4n) is 1.52. The van der Waals surface area contributed by atoms with Crippen molar-refractivity contribution in [3.63, 3.8) is 0 Å². The van der Waals surface area contributed by atoms with Gasteiger partial charge in [-0.15, -0.1) is 0 Å². The standard InChI is InChI=1S/C10H13N3O/c1-8-2-3-12-9(6-8)13-5-4-11-7-10(13)14/h2-3,6,11H,4-5,7H2,1H3. The maximum absolute atomic E-state index is 11.5. The van der Waals surface area contributed by atoms with Crippen LogP contribution in [0.5, 0.6) is 0 Å². The van der Waals surface area contributed by atoms with Crippen molar-refractivity contribution in [1.29, 1.82) is 0 Å². The Balaban J connectivity index is 2.24. The Morgan fingerprint density at radius 3 is 3.14 bits per heavy atom. The van der Waals surface area contributed by atoms with Gasteiger partial charge >= 0.3 is 0 Å². The summed E-state index contributed by atoms with van der Waals surface area (Å²) in [5.41, 5.74) is 1.13. The molecule has 2 heterocycles. The third-order valence-corrected chi connectivity index (χ3v) is 2.27. The van der Waals surface area contributed by atoms with Gasteiger partial charge in [-0.2, -0.15) is 0 Å². The van der Waals surface area contributed by atoms with Gasteiger partial charge in [0.1, 0.15) is 5.82 Å².